The Morgan fingerprint density at radius 1 is 1.08 bits per heavy atom. The number of amides is 1. The molecule has 126 valence electrons. The van der Waals surface area contributed by atoms with Crippen LogP contribution in [0.2, 0.25) is 0 Å². The van der Waals surface area contributed by atoms with Crippen LogP contribution < -0.4 is 14.8 Å². The number of fused-ring (bicyclic) bond motifs is 1. The molecule has 0 aliphatic carbocycles. The van der Waals surface area contributed by atoms with Crippen molar-refractivity contribution in [1.29, 1.82) is 0 Å². The number of benzene rings is 2. The van der Waals surface area contributed by atoms with E-state index in [2.05, 4.69) is 35.1 Å². The predicted octanol–water partition coefficient (Wildman–Crippen LogP) is 3.93. The Morgan fingerprint density at radius 2 is 1.75 bits per heavy atom. The maximum atomic E-state index is 12.3. The van der Waals surface area contributed by atoms with Gasteiger partial charge >= 0.3 is 0 Å². The van der Waals surface area contributed by atoms with Gasteiger partial charge in [0.05, 0.1) is 0 Å². The fourth-order valence-electron chi connectivity index (χ4n) is 2.57. The van der Waals surface area contributed by atoms with Crippen molar-refractivity contribution in [2.45, 2.75) is 19.3 Å². The van der Waals surface area contributed by atoms with Crippen molar-refractivity contribution in [3.8, 4) is 11.5 Å². The zero-order chi connectivity index (χ0) is 17.2. The summed E-state index contributed by atoms with van der Waals surface area (Å²) in [7, 11) is 0. The lowest BCUT2D eigenvalue weighted by Gasteiger charge is -2.27. The number of hydrogen-bond donors (Lipinski definition) is 1. The number of rotatable bonds is 4. The van der Waals surface area contributed by atoms with Gasteiger partial charge in [0.15, 0.2) is 11.5 Å². The van der Waals surface area contributed by atoms with Gasteiger partial charge in [-0.2, -0.15) is 0 Å². The number of carbonyl (C=O) groups excluding carboxylic acids is 1. The van der Waals surface area contributed by atoms with E-state index in [0.29, 0.717) is 25.3 Å². The third kappa shape index (κ3) is 3.73. The number of nitrogens with one attached hydrogen (secondary N) is 1. The van der Waals surface area contributed by atoms with Gasteiger partial charge in [0.2, 0.25) is 0 Å². The second-order valence-corrected chi connectivity index (χ2v) is 7.35. The van der Waals surface area contributed by atoms with E-state index < -0.39 is 0 Å². The lowest BCUT2D eigenvalue weighted by molar-refractivity contribution is 0.0945. The summed E-state index contributed by atoms with van der Waals surface area (Å²) in [6.45, 7) is 5.87. The van der Waals surface area contributed by atoms with Crippen molar-refractivity contribution in [1.82, 2.24) is 5.32 Å². The average Bonchev–Trinajstić information content (AvgIpc) is 2.60. The molecule has 0 spiro atoms. The normalized spacial score (nSPS) is 13.5. The van der Waals surface area contributed by atoms with E-state index in [4.69, 9.17) is 9.47 Å². The molecule has 2 aromatic rings. The second-order valence-electron chi connectivity index (χ2n) is 6.43. The molecule has 1 heterocycles. The molecule has 1 amide bonds. The molecular formula is C19H20BrNO3. The fourth-order valence-corrected chi connectivity index (χ4v) is 2.84. The monoisotopic (exact) mass is 389 g/mol. The largest absolute Gasteiger partial charge is 0.486 e. The lowest BCUT2D eigenvalue weighted by atomic mass is 9.84. The van der Waals surface area contributed by atoms with Crippen LogP contribution >= 0.6 is 15.9 Å². The van der Waals surface area contributed by atoms with E-state index in [-0.39, 0.29) is 11.3 Å². The average molecular weight is 390 g/mol. The highest BCUT2D eigenvalue weighted by molar-refractivity contribution is 9.10. The van der Waals surface area contributed by atoms with E-state index in [1.165, 1.54) is 0 Å². The van der Waals surface area contributed by atoms with E-state index in [9.17, 15) is 4.79 Å². The fraction of sp³-hybridized carbons (Fsp3) is 0.316. The van der Waals surface area contributed by atoms with E-state index in [1.54, 1.807) is 12.1 Å². The minimum atomic E-state index is -0.221. The summed E-state index contributed by atoms with van der Waals surface area (Å²) in [4.78, 5) is 12.3. The first kappa shape index (κ1) is 16.8. The van der Waals surface area contributed by atoms with Crippen molar-refractivity contribution in [3.05, 3.63) is 58.1 Å². The van der Waals surface area contributed by atoms with Crippen molar-refractivity contribution in [2.75, 3.05) is 19.8 Å². The Morgan fingerprint density at radius 3 is 2.46 bits per heavy atom. The zero-order valence-electron chi connectivity index (χ0n) is 13.8. The quantitative estimate of drug-likeness (QED) is 0.861. The standard InChI is InChI=1S/C19H20BrNO3/c1-19(2,12-21-18(22)13-3-6-15(20)7-4-13)14-5-8-16-17(11-14)24-10-9-23-16/h3-8,11H,9-10,12H2,1-2H3,(H,21,22). The highest BCUT2D eigenvalue weighted by Crippen LogP contribution is 2.34. The molecule has 0 radical (unpaired) electrons. The SMILES string of the molecule is CC(C)(CNC(=O)c1ccc(Br)cc1)c1ccc2c(c1)OCCO2. The number of hydrogen-bond acceptors (Lipinski definition) is 3. The molecule has 0 saturated heterocycles. The van der Waals surface area contributed by atoms with Crippen molar-refractivity contribution < 1.29 is 14.3 Å². The first-order chi connectivity index (χ1) is 11.5. The molecule has 0 fully saturated rings. The maximum absolute atomic E-state index is 12.3. The Labute approximate surface area is 150 Å². The Hall–Kier alpha value is -2.01. The summed E-state index contributed by atoms with van der Waals surface area (Å²) in [5.74, 6) is 1.47. The van der Waals surface area contributed by atoms with Gasteiger partial charge in [-0.1, -0.05) is 35.8 Å². The third-order valence-corrected chi connectivity index (χ3v) is 4.65. The summed E-state index contributed by atoms with van der Waals surface area (Å²) in [6.07, 6.45) is 0. The molecule has 1 N–H and O–H groups in total. The van der Waals surface area contributed by atoms with Crippen LogP contribution in [0.3, 0.4) is 0 Å². The lowest BCUT2D eigenvalue weighted by Crippen LogP contribution is -2.36. The molecule has 0 aromatic heterocycles. The minimum absolute atomic E-state index is 0.0758. The zero-order valence-corrected chi connectivity index (χ0v) is 15.4. The molecule has 0 saturated carbocycles. The van der Waals surface area contributed by atoms with Crippen LogP contribution in [0.5, 0.6) is 11.5 Å². The van der Waals surface area contributed by atoms with Crippen LogP contribution in [0.25, 0.3) is 0 Å². The van der Waals surface area contributed by atoms with Crippen molar-refractivity contribution >= 4 is 21.8 Å². The van der Waals surface area contributed by atoms with Gasteiger partial charge in [-0.05, 0) is 42.0 Å². The smallest absolute Gasteiger partial charge is 0.251 e. The van der Waals surface area contributed by atoms with Gasteiger partial charge in [0, 0.05) is 22.0 Å². The van der Waals surface area contributed by atoms with Crippen LogP contribution in [0.4, 0.5) is 0 Å². The van der Waals surface area contributed by atoms with Crippen LogP contribution in [-0.4, -0.2) is 25.7 Å². The molecule has 1 aliphatic rings. The number of halogens is 1. The molecule has 2 aromatic carbocycles. The summed E-state index contributed by atoms with van der Waals surface area (Å²) in [6, 6.07) is 13.3. The van der Waals surface area contributed by atoms with Gasteiger partial charge in [-0.3, -0.25) is 4.79 Å². The Kier molecular flexibility index (Phi) is 4.81. The molecule has 24 heavy (non-hydrogen) atoms. The third-order valence-electron chi connectivity index (χ3n) is 4.12. The highest BCUT2D eigenvalue weighted by atomic mass is 79.9. The predicted molar refractivity (Wildman–Crippen MR) is 96.9 cm³/mol. The number of carbonyl (C=O) groups is 1. The topological polar surface area (TPSA) is 47.6 Å². The molecule has 0 unspecified atom stereocenters. The second kappa shape index (κ2) is 6.85. The first-order valence-corrected chi connectivity index (χ1v) is 8.69. The van der Waals surface area contributed by atoms with Crippen LogP contribution in [0.1, 0.15) is 29.8 Å². The van der Waals surface area contributed by atoms with Gasteiger partial charge in [0.25, 0.3) is 5.91 Å². The molecule has 4 nitrogen and oxygen atoms in total. The summed E-state index contributed by atoms with van der Waals surface area (Å²) in [5.41, 5.74) is 1.53. The van der Waals surface area contributed by atoms with E-state index in [1.807, 2.05) is 30.3 Å². The molecule has 0 bridgehead atoms. The Bertz CT molecular complexity index is 741. The minimum Gasteiger partial charge on any atom is -0.486 e. The molecule has 5 heteroatoms. The highest BCUT2D eigenvalue weighted by Gasteiger charge is 2.24. The first-order valence-electron chi connectivity index (χ1n) is 7.90. The Balaban J connectivity index is 1.69. The van der Waals surface area contributed by atoms with Crippen LogP contribution in [0.15, 0.2) is 46.9 Å². The molecule has 1 aliphatic heterocycles. The summed E-state index contributed by atoms with van der Waals surface area (Å²) in [5, 5.41) is 3.01. The van der Waals surface area contributed by atoms with Gasteiger partial charge in [-0.25, -0.2) is 0 Å². The van der Waals surface area contributed by atoms with Gasteiger partial charge in [0.1, 0.15) is 13.2 Å². The summed E-state index contributed by atoms with van der Waals surface area (Å²) < 4.78 is 12.2. The van der Waals surface area contributed by atoms with E-state index >= 15 is 0 Å². The van der Waals surface area contributed by atoms with Crippen molar-refractivity contribution in [2.24, 2.45) is 0 Å². The van der Waals surface area contributed by atoms with E-state index in [0.717, 1.165) is 21.5 Å². The number of ether oxygens (including phenoxy) is 2. The maximum Gasteiger partial charge on any atom is 0.251 e. The van der Waals surface area contributed by atoms with Crippen molar-refractivity contribution in [3.63, 3.8) is 0 Å². The molecular weight excluding hydrogens is 370 g/mol. The van der Waals surface area contributed by atoms with Crippen LogP contribution in [0, 0.1) is 0 Å². The summed E-state index contributed by atoms with van der Waals surface area (Å²) >= 11 is 3.37. The van der Waals surface area contributed by atoms with Crippen LogP contribution in [-0.2, 0) is 5.41 Å². The molecule has 3 rings (SSSR count). The molecule has 0 atom stereocenters. The van der Waals surface area contributed by atoms with Gasteiger partial charge in [-0.15, -0.1) is 0 Å². The van der Waals surface area contributed by atoms with Gasteiger partial charge < -0.3 is 14.8 Å².